The number of benzene rings is 1. The lowest BCUT2D eigenvalue weighted by molar-refractivity contribution is 0.326. The van der Waals surface area contributed by atoms with E-state index in [1.165, 1.54) is 30.7 Å². The van der Waals surface area contributed by atoms with Crippen LogP contribution in [0.2, 0.25) is 0 Å². The summed E-state index contributed by atoms with van der Waals surface area (Å²) in [6.45, 7) is 3.15. The first-order valence-electron chi connectivity index (χ1n) is 8.13. The van der Waals surface area contributed by atoms with Crippen LogP contribution in [0.25, 0.3) is 0 Å². The molecule has 2 aromatic rings. The molecule has 2 atom stereocenters. The van der Waals surface area contributed by atoms with E-state index in [2.05, 4.69) is 58.3 Å². The Hall–Kier alpha value is -1.61. The van der Waals surface area contributed by atoms with Crippen molar-refractivity contribution < 1.29 is 0 Å². The van der Waals surface area contributed by atoms with Gasteiger partial charge in [0, 0.05) is 31.2 Å². The van der Waals surface area contributed by atoms with Crippen LogP contribution in [0, 0.1) is 12.8 Å². The highest BCUT2D eigenvalue weighted by atomic mass is 15.1. The monoisotopic (exact) mass is 281 g/mol. The lowest BCUT2D eigenvalue weighted by atomic mass is 9.99. The van der Waals surface area contributed by atoms with Crippen LogP contribution in [0.4, 0.5) is 0 Å². The summed E-state index contributed by atoms with van der Waals surface area (Å²) in [7, 11) is 0. The van der Waals surface area contributed by atoms with Crippen molar-refractivity contribution in [1.29, 1.82) is 0 Å². The molecule has 1 aliphatic heterocycles. The molecular weight excluding hydrogens is 258 g/mol. The van der Waals surface area contributed by atoms with Crippen LogP contribution in [-0.4, -0.2) is 15.6 Å². The minimum atomic E-state index is 0.530. The van der Waals surface area contributed by atoms with Crippen LogP contribution in [0.15, 0.2) is 36.5 Å². The highest BCUT2D eigenvalue weighted by molar-refractivity contribution is 5.21. The Balaban J connectivity index is 1.49. The van der Waals surface area contributed by atoms with Gasteiger partial charge in [0.05, 0.1) is 5.69 Å². The van der Waals surface area contributed by atoms with E-state index in [0.29, 0.717) is 12.1 Å². The molecule has 110 valence electrons. The van der Waals surface area contributed by atoms with Gasteiger partial charge in [0.1, 0.15) is 5.82 Å². The summed E-state index contributed by atoms with van der Waals surface area (Å²) < 4.78 is 2.34. The molecule has 3 heteroatoms. The van der Waals surface area contributed by atoms with Gasteiger partial charge in [-0.2, -0.15) is 0 Å². The SMILES string of the molecule is Cc1cn2c(n1)CC[C@@H](N[C@@H](c1ccccc1)C1CC1)C2. The maximum absolute atomic E-state index is 4.61. The second-order valence-electron chi connectivity index (χ2n) is 6.58. The first kappa shape index (κ1) is 13.1. The largest absolute Gasteiger partial charge is 0.333 e. The predicted molar refractivity (Wildman–Crippen MR) is 84.1 cm³/mol. The molecule has 0 spiro atoms. The number of aryl methyl sites for hydroxylation is 2. The number of imidazole rings is 1. The van der Waals surface area contributed by atoms with E-state index in [1.54, 1.807) is 0 Å². The van der Waals surface area contributed by atoms with Crippen LogP contribution in [0.1, 0.15) is 42.4 Å². The van der Waals surface area contributed by atoms with Crippen molar-refractivity contribution >= 4 is 0 Å². The molecule has 1 N–H and O–H groups in total. The van der Waals surface area contributed by atoms with Gasteiger partial charge in [-0.05, 0) is 37.7 Å². The third kappa shape index (κ3) is 2.75. The smallest absolute Gasteiger partial charge is 0.109 e. The van der Waals surface area contributed by atoms with E-state index < -0.39 is 0 Å². The molecule has 2 heterocycles. The normalized spacial score (nSPS) is 22.8. The van der Waals surface area contributed by atoms with Crippen LogP contribution in [-0.2, 0) is 13.0 Å². The average Bonchev–Trinajstić information content (AvgIpc) is 3.27. The van der Waals surface area contributed by atoms with Gasteiger partial charge in [-0.3, -0.25) is 0 Å². The first-order valence-corrected chi connectivity index (χ1v) is 8.13. The van der Waals surface area contributed by atoms with E-state index in [-0.39, 0.29) is 0 Å². The fraction of sp³-hybridized carbons (Fsp3) is 0.500. The number of hydrogen-bond acceptors (Lipinski definition) is 2. The number of aromatic nitrogens is 2. The van der Waals surface area contributed by atoms with E-state index in [0.717, 1.165) is 24.6 Å². The second kappa shape index (κ2) is 5.30. The van der Waals surface area contributed by atoms with E-state index >= 15 is 0 Å². The number of nitrogens with one attached hydrogen (secondary N) is 1. The van der Waals surface area contributed by atoms with Gasteiger partial charge in [0.15, 0.2) is 0 Å². The highest BCUT2D eigenvalue weighted by Crippen LogP contribution is 2.41. The van der Waals surface area contributed by atoms with Gasteiger partial charge in [0.25, 0.3) is 0 Å². The molecule has 0 saturated heterocycles. The first-order chi connectivity index (χ1) is 10.3. The molecule has 1 aromatic carbocycles. The van der Waals surface area contributed by atoms with Crippen molar-refractivity contribution in [3.05, 3.63) is 53.6 Å². The Labute approximate surface area is 126 Å². The van der Waals surface area contributed by atoms with Crippen molar-refractivity contribution in [3.8, 4) is 0 Å². The quantitative estimate of drug-likeness (QED) is 0.932. The molecule has 2 aliphatic rings. The zero-order valence-corrected chi connectivity index (χ0v) is 12.6. The summed E-state index contributed by atoms with van der Waals surface area (Å²) in [5.41, 5.74) is 2.60. The summed E-state index contributed by atoms with van der Waals surface area (Å²) in [5, 5.41) is 3.94. The summed E-state index contributed by atoms with van der Waals surface area (Å²) in [4.78, 5) is 4.61. The van der Waals surface area contributed by atoms with Crippen molar-refractivity contribution in [2.24, 2.45) is 5.92 Å². The number of fused-ring (bicyclic) bond motifs is 1. The fourth-order valence-corrected chi connectivity index (χ4v) is 3.57. The van der Waals surface area contributed by atoms with Crippen molar-refractivity contribution in [3.63, 3.8) is 0 Å². The zero-order valence-electron chi connectivity index (χ0n) is 12.6. The molecule has 21 heavy (non-hydrogen) atoms. The molecular formula is C18H23N3. The highest BCUT2D eigenvalue weighted by Gasteiger charge is 2.34. The lowest BCUT2D eigenvalue weighted by Gasteiger charge is -2.30. The molecule has 0 amide bonds. The zero-order chi connectivity index (χ0) is 14.2. The Morgan fingerprint density at radius 2 is 2.00 bits per heavy atom. The molecule has 3 nitrogen and oxygen atoms in total. The summed E-state index contributed by atoms with van der Waals surface area (Å²) >= 11 is 0. The average molecular weight is 281 g/mol. The molecule has 1 aromatic heterocycles. The van der Waals surface area contributed by atoms with Crippen molar-refractivity contribution in [1.82, 2.24) is 14.9 Å². The number of hydrogen-bond donors (Lipinski definition) is 1. The third-order valence-electron chi connectivity index (χ3n) is 4.78. The Morgan fingerprint density at radius 3 is 2.76 bits per heavy atom. The van der Waals surface area contributed by atoms with Gasteiger partial charge in [0.2, 0.25) is 0 Å². The van der Waals surface area contributed by atoms with Crippen LogP contribution in [0.5, 0.6) is 0 Å². The molecule has 0 radical (unpaired) electrons. The molecule has 0 bridgehead atoms. The van der Waals surface area contributed by atoms with E-state index in [1.807, 2.05) is 0 Å². The molecule has 4 rings (SSSR count). The maximum Gasteiger partial charge on any atom is 0.109 e. The standard InChI is InChI=1S/C18H23N3/c1-13-11-21-12-16(9-10-17(21)19-13)20-18(15-7-8-15)14-5-3-2-4-6-14/h2-6,11,15-16,18,20H,7-10,12H2,1H3/t16-,18+/m1/s1. The van der Waals surface area contributed by atoms with Gasteiger partial charge >= 0.3 is 0 Å². The number of rotatable bonds is 4. The lowest BCUT2D eigenvalue weighted by Crippen LogP contribution is -2.40. The minimum absolute atomic E-state index is 0.530. The number of nitrogens with zero attached hydrogens (tertiary/aromatic N) is 2. The fourth-order valence-electron chi connectivity index (χ4n) is 3.57. The Kier molecular flexibility index (Phi) is 3.30. The Bertz CT molecular complexity index is 613. The maximum atomic E-state index is 4.61. The van der Waals surface area contributed by atoms with Crippen LogP contribution < -0.4 is 5.32 Å². The second-order valence-corrected chi connectivity index (χ2v) is 6.58. The minimum Gasteiger partial charge on any atom is -0.333 e. The summed E-state index contributed by atoms with van der Waals surface area (Å²) in [5.74, 6) is 2.09. The topological polar surface area (TPSA) is 29.9 Å². The van der Waals surface area contributed by atoms with Gasteiger partial charge in [-0.1, -0.05) is 30.3 Å². The molecule has 1 fully saturated rings. The molecule has 0 unspecified atom stereocenters. The molecule has 1 aliphatic carbocycles. The Morgan fingerprint density at radius 1 is 1.19 bits per heavy atom. The van der Waals surface area contributed by atoms with E-state index in [9.17, 15) is 0 Å². The predicted octanol–water partition coefficient (Wildman–Crippen LogP) is 3.25. The van der Waals surface area contributed by atoms with Crippen LogP contribution in [0.3, 0.4) is 0 Å². The summed E-state index contributed by atoms with van der Waals surface area (Å²) in [6.07, 6.45) is 7.23. The molecule has 1 saturated carbocycles. The summed E-state index contributed by atoms with van der Waals surface area (Å²) in [6, 6.07) is 12.1. The van der Waals surface area contributed by atoms with Crippen LogP contribution >= 0.6 is 0 Å². The van der Waals surface area contributed by atoms with Crippen molar-refractivity contribution in [2.45, 2.75) is 51.2 Å². The third-order valence-corrected chi connectivity index (χ3v) is 4.78. The van der Waals surface area contributed by atoms with Gasteiger partial charge in [-0.25, -0.2) is 4.98 Å². The van der Waals surface area contributed by atoms with Gasteiger partial charge < -0.3 is 9.88 Å². The van der Waals surface area contributed by atoms with E-state index in [4.69, 9.17) is 0 Å². The van der Waals surface area contributed by atoms with Crippen molar-refractivity contribution in [2.75, 3.05) is 0 Å². The van der Waals surface area contributed by atoms with Gasteiger partial charge in [-0.15, -0.1) is 0 Å².